The number of rotatable bonds is 9. The predicted octanol–water partition coefficient (Wildman–Crippen LogP) is 2.29. The number of ether oxygens (including phenoxy) is 1. The van der Waals surface area contributed by atoms with Crippen molar-refractivity contribution in [1.82, 2.24) is 10.3 Å². The van der Waals surface area contributed by atoms with Gasteiger partial charge >= 0.3 is 0 Å². The van der Waals surface area contributed by atoms with Gasteiger partial charge in [0.15, 0.2) is 0 Å². The van der Waals surface area contributed by atoms with E-state index in [1.54, 1.807) is 0 Å². The molecule has 0 saturated carbocycles. The molecule has 0 amide bonds. The van der Waals surface area contributed by atoms with Gasteiger partial charge in [-0.15, -0.1) is 0 Å². The lowest BCUT2D eigenvalue weighted by Crippen LogP contribution is -2.31. The summed E-state index contributed by atoms with van der Waals surface area (Å²) in [6.07, 6.45) is 0.741. The van der Waals surface area contributed by atoms with E-state index in [0.717, 1.165) is 17.8 Å². The Labute approximate surface area is 122 Å². The molecule has 0 saturated heterocycles. The molecule has 4 heteroatoms. The Kier molecular flexibility index (Phi) is 7.73. The Morgan fingerprint density at radius 1 is 1.30 bits per heavy atom. The van der Waals surface area contributed by atoms with Crippen molar-refractivity contribution in [3.05, 3.63) is 29.6 Å². The Balaban J connectivity index is 2.15. The van der Waals surface area contributed by atoms with Crippen LogP contribution in [-0.4, -0.2) is 35.5 Å². The van der Waals surface area contributed by atoms with Crippen LogP contribution in [0.3, 0.4) is 0 Å². The fourth-order valence-corrected chi connectivity index (χ4v) is 2.13. The van der Waals surface area contributed by atoms with E-state index in [1.807, 2.05) is 25.1 Å². The highest BCUT2D eigenvalue weighted by atomic mass is 16.5. The van der Waals surface area contributed by atoms with E-state index in [9.17, 15) is 5.11 Å². The quantitative estimate of drug-likeness (QED) is 0.729. The normalized spacial score (nSPS) is 14.5. The van der Waals surface area contributed by atoms with Crippen LogP contribution in [0.1, 0.15) is 38.6 Å². The number of pyridine rings is 1. The zero-order chi connectivity index (χ0) is 15.0. The van der Waals surface area contributed by atoms with Crippen LogP contribution >= 0.6 is 0 Å². The fraction of sp³-hybridized carbons (Fsp3) is 0.688. The summed E-state index contributed by atoms with van der Waals surface area (Å²) in [6.45, 7) is 9.94. The van der Waals surface area contributed by atoms with Gasteiger partial charge in [-0.05, 0) is 38.3 Å². The summed E-state index contributed by atoms with van der Waals surface area (Å²) < 4.78 is 5.63. The number of aromatic nitrogens is 1. The van der Waals surface area contributed by atoms with Gasteiger partial charge in [-0.3, -0.25) is 4.98 Å². The second-order valence-electron chi connectivity index (χ2n) is 5.83. The van der Waals surface area contributed by atoms with E-state index in [4.69, 9.17) is 4.74 Å². The third-order valence-corrected chi connectivity index (χ3v) is 3.01. The summed E-state index contributed by atoms with van der Waals surface area (Å²) in [7, 11) is 0. The molecular weight excluding hydrogens is 252 g/mol. The molecule has 2 atom stereocenters. The molecule has 4 nitrogen and oxygen atoms in total. The molecule has 0 aliphatic carbocycles. The molecule has 0 aliphatic heterocycles. The van der Waals surface area contributed by atoms with Gasteiger partial charge in [0.2, 0.25) is 0 Å². The van der Waals surface area contributed by atoms with Crippen LogP contribution in [0.15, 0.2) is 18.2 Å². The van der Waals surface area contributed by atoms with Gasteiger partial charge in [-0.2, -0.15) is 0 Å². The first-order chi connectivity index (χ1) is 9.47. The molecule has 2 N–H and O–H groups in total. The van der Waals surface area contributed by atoms with Crippen LogP contribution in [0.2, 0.25) is 0 Å². The molecular formula is C16H28N2O2. The molecule has 0 spiro atoms. The highest BCUT2D eigenvalue weighted by Gasteiger charge is 2.09. The summed E-state index contributed by atoms with van der Waals surface area (Å²) >= 11 is 0. The van der Waals surface area contributed by atoms with Crippen LogP contribution in [0.4, 0.5) is 0 Å². The number of aryl methyl sites for hydroxylation is 1. The monoisotopic (exact) mass is 280 g/mol. The maximum Gasteiger partial charge on any atom is 0.0897 e. The van der Waals surface area contributed by atoms with Gasteiger partial charge in [0.25, 0.3) is 0 Å². The summed E-state index contributed by atoms with van der Waals surface area (Å²) in [5.74, 6) is 0.618. The number of nitrogens with one attached hydrogen (secondary N) is 1. The lowest BCUT2D eigenvalue weighted by atomic mass is 10.1. The second-order valence-corrected chi connectivity index (χ2v) is 5.83. The molecule has 0 fully saturated rings. The second kappa shape index (κ2) is 9.06. The van der Waals surface area contributed by atoms with E-state index in [-0.39, 0.29) is 6.10 Å². The zero-order valence-electron chi connectivity index (χ0n) is 13.1. The van der Waals surface area contributed by atoms with Crippen LogP contribution in [0.25, 0.3) is 0 Å². The molecule has 0 aliphatic rings. The summed E-state index contributed by atoms with van der Waals surface area (Å²) in [5.41, 5.74) is 2.00. The van der Waals surface area contributed by atoms with Crippen LogP contribution < -0.4 is 5.32 Å². The van der Waals surface area contributed by atoms with Crippen molar-refractivity contribution >= 4 is 0 Å². The van der Waals surface area contributed by atoms with Gasteiger partial charge in [-0.1, -0.05) is 19.9 Å². The first-order valence-corrected chi connectivity index (χ1v) is 7.40. The van der Waals surface area contributed by atoms with Gasteiger partial charge in [0.05, 0.1) is 24.5 Å². The number of aliphatic hydroxyl groups is 1. The predicted molar refractivity (Wildman–Crippen MR) is 81.6 cm³/mol. The average Bonchev–Trinajstić information content (AvgIpc) is 2.36. The van der Waals surface area contributed by atoms with Gasteiger partial charge < -0.3 is 15.2 Å². The van der Waals surface area contributed by atoms with E-state index in [0.29, 0.717) is 25.6 Å². The highest BCUT2D eigenvalue weighted by molar-refractivity contribution is 5.09. The maximum atomic E-state index is 9.86. The SMILES string of the molecule is Cc1cccc(CNCC(O)COC(C)CC(C)C)n1. The minimum atomic E-state index is -0.477. The minimum absolute atomic E-state index is 0.197. The molecule has 0 radical (unpaired) electrons. The number of aliphatic hydroxyl groups excluding tert-OH is 1. The Bertz CT molecular complexity index is 382. The Morgan fingerprint density at radius 2 is 2.05 bits per heavy atom. The first-order valence-electron chi connectivity index (χ1n) is 7.40. The topological polar surface area (TPSA) is 54.4 Å². The lowest BCUT2D eigenvalue weighted by Gasteiger charge is -2.18. The number of hydrogen-bond donors (Lipinski definition) is 2. The van der Waals surface area contributed by atoms with E-state index < -0.39 is 6.10 Å². The first kappa shape index (κ1) is 17.1. The Hall–Kier alpha value is -0.970. The van der Waals surface area contributed by atoms with Crippen molar-refractivity contribution in [2.45, 2.75) is 52.9 Å². The molecule has 1 rings (SSSR count). The minimum Gasteiger partial charge on any atom is -0.389 e. The van der Waals surface area contributed by atoms with E-state index >= 15 is 0 Å². The largest absolute Gasteiger partial charge is 0.389 e. The van der Waals surface area contributed by atoms with Gasteiger partial charge in [0, 0.05) is 18.8 Å². The molecule has 0 bridgehead atoms. The lowest BCUT2D eigenvalue weighted by molar-refractivity contribution is -0.00859. The smallest absolute Gasteiger partial charge is 0.0897 e. The molecule has 20 heavy (non-hydrogen) atoms. The molecule has 1 aromatic heterocycles. The van der Waals surface area contributed by atoms with Crippen molar-refractivity contribution in [3.63, 3.8) is 0 Å². The number of nitrogens with zero attached hydrogens (tertiary/aromatic N) is 1. The fourth-order valence-electron chi connectivity index (χ4n) is 2.13. The standard InChI is InChI=1S/C16H28N2O2/c1-12(2)8-14(4)20-11-16(19)10-17-9-15-7-5-6-13(3)18-15/h5-7,12,14,16-17,19H,8-11H2,1-4H3. The van der Waals surface area contributed by atoms with Gasteiger partial charge in [-0.25, -0.2) is 0 Å². The molecule has 2 unspecified atom stereocenters. The summed E-state index contributed by atoms with van der Waals surface area (Å²) in [6, 6.07) is 5.95. The zero-order valence-corrected chi connectivity index (χ0v) is 13.1. The molecule has 114 valence electrons. The van der Waals surface area contributed by atoms with Crippen LogP contribution in [-0.2, 0) is 11.3 Å². The van der Waals surface area contributed by atoms with E-state index in [1.165, 1.54) is 0 Å². The molecule has 1 aromatic rings. The molecule has 1 heterocycles. The van der Waals surface area contributed by atoms with Crippen molar-refractivity contribution < 1.29 is 9.84 Å². The van der Waals surface area contributed by atoms with Crippen molar-refractivity contribution in [1.29, 1.82) is 0 Å². The van der Waals surface area contributed by atoms with Crippen molar-refractivity contribution in [2.24, 2.45) is 5.92 Å². The van der Waals surface area contributed by atoms with Crippen molar-refractivity contribution in [3.8, 4) is 0 Å². The van der Waals surface area contributed by atoms with Crippen LogP contribution in [0, 0.1) is 12.8 Å². The maximum absolute atomic E-state index is 9.86. The van der Waals surface area contributed by atoms with E-state index in [2.05, 4.69) is 31.1 Å². The third-order valence-electron chi connectivity index (χ3n) is 3.01. The Morgan fingerprint density at radius 3 is 2.70 bits per heavy atom. The summed E-state index contributed by atoms with van der Waals surface area (Å²) in [4.78, 5) is 4.40. The van der Waals surface area contributed by atoms with Gasteiger partial charge in [0.1, 0.15) is 0 Å². The third kappa shape index (κ3) is 7.58. The van der Waals surface area contributed by atoms with Crippen LogP contribution in [0.5, 0.6) is 0 Å². The summed E-state index contributed by atoms with van der Waals surface area (Å²) in [5, 5.41) is 13.1. The molecule has 0 aromatic carbocycles. The average molecular weight is 280 g/mol. The highest BCUT2D eigenvalue weighted by Crippen LogP contribution is 2.07. The number of hydrogen-bond acceptors (Lipinski definition) is 4. The van der Waals surface area contributed by atoms with Crippen molar-refractivity contribution in [2.75, 3.05) is 13.2 Å².